The minimum absolute atomic E-state index is 0.311. The Morgan fingerprint density at radius 2 is 1.92 bits per heavy atom. The molecule has 38 heavy (non-hydrogen) atoms. The number of carboxylic acids is 1. The highest BCUT2D eigenvalue weighted by molar-refractivity contribution is 5.98. The molecule has 0 spiro atoms. The Hall–Kier alpha value is -4.54. The molecule has 0 saturated carbocycles. The van der Waals surface area contributed by atoms with E-state index in [0.717, 1.165) is 33.6 Å². The van der Waals surface area contributed by atoms with Crippen LogP contribution in [-0.4, -0.2) is 61.7 Å². The van der Waals surface area contributed by atoms with E-state index in [1.807, 2.05) is 50.4 Å². The van der Waals surface area contributed by atoms with Crippen molar-refractivity contribution in [2.45, 2.75) is 33.1 Å². The minimum Gasteiger partial charge on any atom is -0.481 e. The largest absolute Gasteiger partial charge is 0.481 e. The summed E-state index contributed by atoms with van der Waals surface area (Å²) >= 11 is 0. The molecule has 2 amide bonds. The molecule has 4 heterocycles. The summed E-state index contributed by atoms with van der Waals surface area (Å²) < 4.78 is 0. The second kappa shape index (κ2) is 10.8. The number of aromatic nitrogens is 5. The fraction of sp³-hybridized carbons (Fsp3) is 0.333. The summed E-state index contributed by atoms with van der Waals surface area (Å²) in [5.41, 5.74) is 5.71. The van der Waals surface area contributed by atoms with Crippen LogP contribution in [-0.2, 0) is 11.2 Å². The van der Waals surface area contributed by atoms with Crippen LogP contribution >= 0.6 is 0 Å². The smallest absolute Gasteiger partial charge is 0.321 e. The lowest BCUT2D eigenvalue weighted by atomic mass is 9.97. The van der Waals surface area contributed by atoms with E-state index >= 15 is 0 Å². The number of urea groups is 1. The van der Waals surface area contributed by atoms with E-state index in [2.05, 4.69) is 35.5 Å². The molecule has 5 rings (SSSR count). The molecular weight excluding hydrogens is 484 g/mol. The number of nitrogens with one attached hydrogen (secondary N) is 3. The van der Waals surface area contributed by atoms with Gasteiger partial charge in [0.15, 0.2) is 0 Å². The monoisotopic (exact) mass is 514 g/mol. The zero-order valence-corrected chi connectivity index (χ0v) is 21.4. The third-order valence-corrected chi connectivity index (χ3v) is 6.73. The van der Waals surface area contributed by atoms with E-state index in [4.69, 9.17) is 4.98 Å². The number of piperidine rings is 1. The van der Waals surface area contributed by atoms with E-state index in [1.54, 1.807) is 6.20 Å². The lowest BCUT2D eigenvalue weighted by molar-refractivity contribution is -0.142. The first-order valence-electron chi connectivity index (χ1n) is 12.8. The maximum absolute atomic E-state index is 12.1. The maximum Gasteiger partial charge on any atom is 0.321 e. The average molecular weight is 515 g/mol. The molecule has 1 aliphatic rings. The molecule has 4 aromatic rings. The molecule has 196 valence electrons. The summed E-state index contributed by atoms with van der Waals surface area (Å²) in [5.74, 6) is -0.0906. The van der Waals surface area contributed by atoms with Crippen LogP contribution in [0.25, 0.3) is 33.4 Å². The summed E-state index contributed by atoms with van der Waals surface area (Å²) in [6.45, 7) is 5.63. The van der Waals surface area contributed by atoms with Gasteiger partial charge in [-0.1, -0.05) is 13.0 Å². The van der Waals surface area contributed by atoms with E-state index in [1.165, 1.54) is 0 Å². The number of benzene rings is 1. The minimum atomic E-state index is -0.739. The molecule has 0 radical (unpaired) electrons. The third-order valence-electron chi connectivity index (χ3n) is 6.73. The number of aromatic amines is 1. The highest BCUT2D eigenvalue weighted by atomic mass is 16.4. The standard InChI is InChI=1S/C27H30N8O3/c1-3-20-19(15-30-26(32-20)35-11-8-16(9-12-35)24(36)37)17-13-18(21-7-5-6-10-29-21)23-22(14-17)31-25(33-23)34-27(38)28-4-2/h5-7,10,13-16H,3-4,8-9,11-12H2,1-2H3,(H,36,37)(H3,28,31,33,34,38). The van der Waals surface area contributed by atoms with E-state index in [9.17, 15) is 14.7 Å². The number of hydrogen-bond acceptors (Lipinski definition) is 7. The molecule has 1 saturated heterocycles. The Kier molecular flexibility index (Phi) is 7.16. The number of imidazole rings is 1. The second-order valence-electron chi connectivity index (χ2n) is 9.19. The average Bonchev–Trinajstić information content (AvgIpc) is 3.35. The molecule has 0 bridgehead atoms. The molecule has 0 aliphatic carbocycles. The molecule has 1 fully saturated rings. The van der Waals surface area contributed by atoms with Gasteiger partial charge in [0.25, 0.3) is 0 Å². The number of anilines is 2. The van der Waals surface area contributed by atoms with Crippen LogP contribution in [0.2, 0.25) is 0 Å². The van der Waals surface area contributed by atoms with Crippen LogP contribution in [0.4, 0.5) is 16.7 Å². The molecular formula is C27H30N8O3. The van der Waals surface area contributed by atoms with Crippen molar-refractivity contribution < 1.29 is 14.7 Å². The zero-order valence-electron chi connectivity index (χ0n) is 21.4. The van der Waals surface area contributed by atoms with Crippen LogP contribution in [0, 0.1) is 5.92 Å². The van der Waals surface area contributed by atoms with Gasteiger partial charge < -0.3 is 20.3 Å². The number of carbonyl (C=O) groups is 2. The number of aliphatic carboxylic acids is 1. The van der Waals surface area contributed by atoms with Crippen molar-refractivity contribution in [1.29, 1.82) is 0 Å². The molecule has 1 aromatic carbocycles. The zero-order chi connectivity index (χ0) is 26.6. The van der Waals surface area contributed by atoms with Crippen molar-refractivity contribution in [1.82, 2.24) is 30.2 Å². The topological polar surface area (TPSA) is 149 Å². The number of nitrogens with zero attached hydrogens (tertiary/aromatic N) is 5. The van der Waals surface area contributed by atoms with Crippen LogP contribution < -0.4 is 15.5 Å². The number of pyridine rings is 1. The first-order chi connectivity index (χ1) is 18.5. The maximum atomic E-state index is 12.1. The van der Waals surface area contributed by atoms with Crippen LogP contribution in [0.15, 0.2) is 42.7 Å². The Bertz CT molecular complexity index is 1460. The Labute approximate surface area is 219 Å². The van der Waals surface area contributed by atoms with Gasteiger partial charge in [0.2, 0.25) is 11.9 Å². The highest BCUT2D eigenvalue weighted by Crippen LogP contribution is 2.34. The van der Waals surface area contributed by atoms with Crippen molar-refractivity contribution in [3.05, 3.63) is 48.4 Å². The van der Waals surface area contributed by atoms with Crippen LogP contribution in [0.3, 0.4) is 0 Å². The van der Waals surface area contributed by atoms with Gasteiger partial charge in [0.1, 0.15) is 0 Å². The first-order valence-corrected chi connectivity index (χ1v) is 12.8. The number of aryl methyl sites for hydroxylation is 1. The predicted molar refractivity (Wildman–Crippen MR) is 145 cm³/mol. The molecule has 0 unspecified atom stereocenters. The van der Waals surface area contributed by atoms with Crippen LogP contribution in [0.1, 0.15) is 32.4 Å². The lowest BCUT2D eigenvalue weighted by Gasteiger charge is -2.30. The number of carbonyl (C=O) groups excluding carboxylic acids is 1. The molecule has 3 aromatic heterocycles. The number of fused-ring (bicyclic) bond motifs is 1. The number of carboxylic acid groups (broad SMARTS) is 1. The third kappa shape index (κ3) is 5.13. The summed E-state index contributed by atoms with van der Waals surface area (Å²) in [7, 11) is 0. The number of H-pyrrole nitrogens is 1. The SMILES string of the molecule is CCNC(=O)Nc1nc2cc(-c3cnc(N4CCC(C(=O)O)CC4)nc3CC)cc(-c3ccccn3)c2[nH]1. The predicted octanol–water partition coefficient (Wildman–Crippen LogP) is 4.09. The van der Waals surface area contributed by atoms with Crippen molar-refractivity contribution in [3.8, 4) is 22.4 Å². The van der Waals surface area contributed by atoms with Crippen LogP contribution in [0.5, 0.6) is 0 Å². The Balaban J connectivity index is 1.53. The van der Waals surface area contributed by atoms with Gasteiger partial charge in [-0.05, 0) is 56.0 Å². The van der Waals surface area contributed by atoms with Gasteiger partial charge in [-0.15, -0.1) is 0 Å². The highest BCUT2D eigenvalue weighted by Gasteiger charge is 2.26. The van der Waals surface area contributed by atoms with Crippen molar-refractivity contribution in [2.24, 2.45) is 5.92 Å². The van der Waals surface area contributed by atoms with E-state index in [0.29, 0.717) is 56.3 Å². The summed E-state index contributed by atoms with van der Waals surface area (Å²) in [6, 6.07) is 9.37. The van der Waals surface area contributed by atoms with Crippen molar-refractivity contribution >= 4 is 34.9 Å². The fourth-order valence-electron chi connectivity index (χ4n) is 4.76. The Morgan fingerprint density at radius 3 is 2.61 bits per heavy atom. The Morgan fingerprint density at radius 1 is 1.11 bits per heavy atom. The number of rotatable bonds is 7. The van der Waals surface area contributed by atoms with Gasteiger partial charge in [-0.25, -0.2) is 19.7 Å². The molecule has 4 N–H and O–H groups in total. The number of amides is 2. The summed E-state index contributed by atoms with van der Waals surface area (Å²) in [4.78, 5) is 47.4. The van der Waals surface area contributed by atoms with Gasteiger partial charge in [-0.3, -0.25) is 15.1 Å². The van der Waals surface area contributed by atoms with E-state index in [-0.39, 0.29) is 11.9 Å². The first kappa shape index (κ1) is 25.1. The van der Waals surface area contributed by atoms with Crippen molar-refractivity contribution in [2.75, 3.05) is 29.9 Å². The molecule has 11 heteroatoms. The lowest BCUT2D eigenvalue weighted by Crippen LogP contribution is -2.37. The fourth-order valence-corrected chi connectivity index (χ4v) is 4.76. The second-order valence-corrected chi connectivity index (χ2v) is 9.19. The molecule has 0 atom stereocenters. The normalized spacial score (nSPS) is 14.0. The van der Waals surface area contributed by atoms with Gasteiger partial charge in [0, 0.05) is 43.2 Å². The van der Waals surface area contributed by atoms with Gasteiger partial charge in [0.05, 0.1) is 28.3 Å². The number of hydrogen-bond donors (Lipinski definition) is 4. The van der Waals surface area contributed by atoms with Crippen molar-refractivity contribution in [3.63, 3.8) is 0 Å². The summed E-state index contributed by atoms with van der Waals surface area (Å²) in [6.07, 6.45) is 5.42. The van der Waals surface area contributed by atoms with Gasteiger partial charge >= 0.3 is 12.0 Å². The summed E-state index contributed by atoms with van der Waals surface area (Å²) in [5, 5.41) is 14.8. The van der Waals surface area contributed by atoms with E-state index < -0.39 is 5.97 Å². The quantitative estimate of drug-likeness (QED) is 0.288. The van der Waals surface area contributed by atoms with Gasteiger partial charge in [-0.2, -0.15) is 0 Å². The molecule has 11 nitrogen and oxygen atoms in total. The molecule has 1 aliphatic heterocycles.